The molecule has 0 fully saturated rings. The first-order valence-corrected chi connectivity index (χ1v) is 5.15. The summed E-state index contributed by atoms with van der Waals surface area (Å²) in [5, 5.41) is 5.91. The van der Waals surface area contributed by atoms with Crippen LogP contribution in [0.25, 0.3) is 10.1 Å². The molecule has 72 valence electrons. The summed E-state index contributed by atoms with van der Waals surface area (Å²) in [5.41, 5.74) is 6.07. The third kappa shape index (κ3) is 1.62. The van der Waals surface area contributed by atoms with Crippen LogP contribution in [0.5, 0.6) is 0 Å². The van der Waals surface area contributed by atoms with Crippen molar-refractivity contribution < 1.29 is 4.79 Å². The number of hydrogen-bond acceptors (Lipinski definition) is 3. The van der Waals surface area contributed by atoms with Gasteiger partial charge in [0.2, 0.25) is 5.91 Å². The molecular formula is C10H10N2OS. The van der Waals surface area contributed by atoms with Gasteiger partial charge in [0.1, 0.15) is 0 Å². The number of amides is 1. The van der Waals surface area contributed by atoms with Crippen molar-refractivity contribution >= 4 is 33.0 Å². The highest BCUT2D eigenvalue weighted by Gasteiger charge is 2.04. The highest BCUT2D eigenvalue weighted by atomic mass is 32.1. The van der Waals surface area contributed by atoms with Crippen molar-refractivity contribution in [3.63, 3.8) is 0 Å². The van der Waals surface area contributed by atoms with Gasteiger partial charge in [-0.15, -0.1) is 11.3 Å². The SMILES string of the molecule is NCC(=O)Nc1cccc2ccsc12. The smallest absolute Gasteiger partial charge is 0.238 e. The number of nitrogens with one attached hydrogen (secondary N) is 1. The maximum Gasteiger partial charge on any atom is 0.238 e. The quantitative estimate of drug-likeness (QED) is 0.787. The highest BCUT2D eigenvalue weighted by molar-refractivity contribution is 7.17. The first kappa shape index (κ1) is 9.18. The van der Waals surface area contributed by atoms with Crippen LogP contribution in [-0.2, 0) is 4.79 Å². The summed E-state index contributed by atoms with van der Waals surface area (Å²) in [4.78, 5) is 11.1. The number of hydrogen-bond donors (Lipinski definition) is 2. The summed E-state index contributed by atoms with van der Waals surface area (Å²) in [5.74, 6) is -0.161. The first-order chi connectivity index (χ1) is 6.81. The van der Waals surface area contributed by atoms with Gasteiger partial charge in [0.15, 0.2) is 0 Å². The van der Waals surface area contributed by atoms with E-state index in [1.807, 2.05) is 29.6 Å². The van der Waals surface area contributed by atoms with Gasteiger partial charge >= 0.3 is 0 Å². The maximum atomic E-state index is 11.1. The number of carbonyl (C=O) groups is 1. The second-order valence-corrected chi connectivity index (χ2v) is 3.81. The highest BCUT2D eigenvalue weighted by Crippen LogP contribution is 2.28. The molecule has 0 bridgehead atoms. The van der Waals surface area contributed by atoms with Crippen LogP contribution in [0.1, 0.15) is 0 Å². The molecule has 14 heavy (non-hydrogen) atoms. The Morgan fingerprint density at radius 3 is 3.07 bits per heavy atom. The molecule has 0 aliphatic carbocycles. The Kier molecular flexibility index (Phi) is 2.47. The standard InChI is InChI=1S/C10H10N2OS/c11-6-9(13)12-8-3-1-2-7-4-5-14-10(7)8/h1-5H,6,11H2,(H,12,13). The molecule has 0 radical (unpaired) electrons. The van der Waals surface area contributed by atoms with Crippen LogP contribution in [0.4, 0.5) is 5.69 Å². The molecule has 0 aliphatic rings. The van der Waals surface area contributed by atoms with Gasteiger partial charge in [0, 0.05) is 0 Å². The number of anilines is 1. The van der Waals surface area contributed by atoms with Crippen LogP contribution in [0.2, 0.25) is 0 Å². The zero-order valence-corrected chi connectivity index (χ0v) is 8.30. The predicted molar refractivity (Wildman–Crippen MR) is 59.5 cm³/mol. The molecular weight excluding hydrogens is 196 g/mol. The molecule has 0 atom stereocenters. The van der Waals surface area contributed by atoms with Gasteiger partial charge in [-0.3, -0.25) is 4.79 Å². The molecule has 0 spiro atoms. The molecule has 2 rings (SSSR count). The van der Waals surface area contributed by atoms with Crippen molar-refractivity contribution in [2.75, 3.05) is 11.9 Å². The van der Waals surface area contributed by atoms with Gasteiger partial charge < -0.3 is 11.1 Å². The third-order valence-corrected chi connectivity index (χ3v) is 2.90. The molecule has 0 saturated carbocycles. The second-order valence-electron chi connectivity index (χ2n) is 2.90. The summed E-state index contributed by atoms with van der Waals surface area (Å²) >= 11 is 1.61. The molecule has 1 aromatic heterocycles. The lowest BCUT2D eigenvalue weighted by molar-refractivity contribution is -0.114. The van der Waals surface area contributed by atoms with Gasteiger partial charge in [-0.2, -0.15) is 0 Å². The topological polar surface area (TPSA) is 55.1 Å². The second kappa shape index (κ2) is 3.77. The van der Waals surface area contributed by atoms with E-state index >= 15 is 0 Å². The Hall–Kier alpha value is -1.39. The van der Waals surface area contributed by atoms with Crippen LogP contribution >= 0.6 is 11.3 Å². The van der Waals surface area contributed by atoms with Crippen molar-refractivity contribution in [1.29, 1.82) is 0 Å². The van der Waals surface area contributed by atoms with Crippen molar-refractivity contribution in [2.45, 2.75) is 0 Å². The van der Waals surface area contributed by atoms with E-state index in [0.717, 1.165) is 15.8 Å². The number of carbonyl (C=O) groups excluding carboxylic acids is 1. The van der Waals surface area contributed by atoms with E-state index < -0.39 is 0 Å². The lowest BCUT2D eigenvalue weighted by atomic mass is 10.2. The number of benzene rings is 1. The fourth-order valence-corrected chi connectivity index (χ4v) is 2.16. The van der Waals surface area contributed by atoms with Gasteiger partial charge in [-0.1, -0.05) is 12.1 Å². The third-order valence-electron chi connectivity index (χ3n) is 1.94. The van der Waals surface area contributed by atoms with Crippen LogP contribution in [0, 0.1) is 0 Å². The summed E-state index contributed by atoms with van der Waals surface area (Å²) < 4.78 is 1.09. The van der Waals surface area contributed by atoms with Gasteiger partial charge in [-0.05, 0) is 22.9 Å². The molecule has 1 aromatic carbocycles. The average Bonchev–Trinajstić information content (AvgIpc) is 2.66. The van der Waals surface area contributed by atoms with Crippen LogP contribution in [-0.4, -0.2) is 12.5 Å². The zero-order valence-electron chi connectivity index (χ0n) is 7.49. The lowest BCUT2D eigenvalue weighted by Gasteiger charge is -2.03. The minimum absolute atomic E-state index is 0.0156. The molecule has 2 aromatic rings. The summed E-state index contributed by atoms with van der Waals surface area (Å²) in [6, 6.07) is 7.84. The fraction of sp³-hybridized carbons (Fsp3) is 0.100. The predicted octanol–water partition coefficient (Wildman–Crippen LogP) is 1.80. The monoisotopic (exact) mass is 206 g/mol. The van der Waals surface area contributed by atoms with Crippen molar-refractivity contribution in [3.05, 3.63) is 29.6 Å². The largest absolute Gasteiger partial charge is 0.324 e. The van der Waals surface area contributed by atoms with Gasteiger partial charge in [-0.25, -0.2) is 0 Å². The van der Waals surface area contributed by atoms with E-state index in [0.29, 0.717) is 0 Å². The van der Waals surface area contributed by atoms with Crippen LogP contribution < -0.4 is 11.1 Å². The van der Waals surface area contributed by atoms with Crippen molar-refractivity contribution in [3.8, 4) is 0 Å². The van der Waals surface area contributed by atoms with E-state index in [-0.39, 0.29) is 12.5 Å². The molecule has 3 N–H and O–H groups in total. The Morgan fingerprint density at radius 2 is 2.29 bits per heavy atom. The Labute approximate surface area is 85.5 Å². The Bertz CT molecular complexity index is 464. The minimum atomic E-state index is -0.161. The Balaban J connectivity index is 2.41. The summed E-state index contributed by atoms with van der Waals surface area (Å²) in [6.07, 6.45) is 0. The molecule has 1 heterocycles. The summed E-state index contributed by atoms with van der Waals surface area (Å²) in [6.45, 7) is 0.0156. The molecule has 0 saturated heterocycles. The fourth-order valence-electron chi connectivity index (χ4n) is 1.29. The number of thiophene rings is 1. The molecule has 3 nitrogen and oxygen atoms in total. The molecule has 4 heteroatoms. The van der Waals surface area contributed by atoms with Crippen molar-refractivity contribution in [1.82, 2.24) is 0 Å². The van der Waals surface area contributed by atoms with Crippen LogP contribution in [0.3, 0.4) is 0 Å². The zero-order chi connectivity index (χ0) is 9.97. The number of nitrogens with two attached hydrogens (primary N) is 1. The average molecular weight is 206 g/mol. The van der Waals surface area contributed by atoms with Gasteiger partial charge in [0.05, 0.1) is 16.9 Å². The van der Waals surface area contributed by atoms with E-state index in [9.17, 15) is 4.79 Å². The molecule has 0 unspecified atom stereocenters. The maximum absolute atomic E-state index is 11.1. The normalized spacial score (nSPS) is 10.4. The van der Waals surface area contributed by atoms with Crippen molar-refractivity contribution in [2.24, 2.45) is 5.73 Å². The van der Waals surface area contributed by atoms with E-state index in [4.69, 9.17) is 5.73 Å². The lowest BCUT2D eigenvalue weighted by Crippen LogP contribution is -2.21. The van der Waals surface area contributed by atoms with Gasteiger partial charge in [0.25, 0.3) is 0 Å². The van der Waals surface area contributed by atoms with E-state index in [1.165, 1.54) is 0 Å². The molecule has 0 aliphatic heterocycles. The first-order valence-electron chi connectivity index (χ1n) is 4.27. The van der Waals surface area contributed by atoms with Crippen LogP contribution in [0.15, 0.2) is 29.6 Å². The summed E-state index contributed by atoms with van der Waals surface area (Å²) in [7, 11) is 0. The van der Waals surface area contributed by atoms with E-state index in [2.05, 4.69) is 5.32 Å². The Morgan fingerprint density at radius 1 is 1.43 bits per heavy atom. The minimum Gasteiger partial charge on any atom is -0.324 e. The van der Waals surface area contributed by atoms with E-state index in [1.54, 1.807) is 11.3 Å². The molecule has 1 amide bonds. The number of fused-ring (bicyclic) bond motifs is 1. The number of rotatable bonds is 2.